The first-order chi connectivity index (χ1) is 15.0. The Bertz CT molecular complexity index is 1050. The normalized spacial score (nSPS) is 16.0. The van der Waals surface area contributed by atoms with Crippen LogP contribution in [0.5, 0.6) is 0 Å². The molecule has 2 amide bonds. The molecule has 0 N–H and O–H groups in total. The smallest absolute Gasteiger partial charge is 0.228 e. The van der Waals surface area contributed by atoms with Crippen LogP contribution in [-0.4, -0.2) is 46.3 Å². The molecule has 1 fully saturated rings. The van der Waals surface area contributed by atoms with E-state index in [2.05, 4.69) is 17.2 Å². The second kappa shape index (κ2) is 9.39. The van der Waals surface area contributed by atoms with Crippen LogP contribution in [0.25, 0.3) is 0 Å². The third kappa shape index (κ3) is 4.99. The Hall–Kier alpha value is -3.06. The number of hydrogen-bond donors (Lipinski definition) is 0. The lowest BCUT2D eigenvalue weighted by molar-refractivity contribution is -0.135. The minimum atomic E-state index is -0.322. The maximum Gasteiger partial charge on any atom is 0.228 e. The summed E-state index contributed by atoms with van der Waals surface area (Å²) in [6.45, 7) is 1.59. The van der Waals surface area contributed by atoms with E-state index in [4.69, 9.17) is 0 Å². The molecule has 0 spiro atoms. The van der Waals surface area contributed by atoms with Crippen LogP contribution in [0.4, 0.5) is 5.69 Å². The molecule has 0 aliphatic carbocycles. The largest absolute Gasteiger partial charge is 0.341 e. The van der Waals surface area contributed by atoms with Crippen molar-refractivity contribution in [3.63, 3.8) is 0 Å². The zero-order chi connectivity index (χ0) is 21.8. The van der Waals surface area contributed by atoms with Crippen LogP contribution in [0.2, 0.25) is 0 Å². The van der Waals surface area contributed by atoms with Crippen LogP contribution >= 0.6 is 11.8 Å². The molecule has 7 heteroatoms. The number of anilines is 1. The van der Waals surface area contributed by atoms with E-state index in [9.17, 15) is 9.59 Å². The van der Waals surface area contributed by atoms with Crippen LogP contribution in [0, 0.1) is 5.92 Å². The van der Waals surface area contributed by atoms with Crippen molar-refractivity contribution >= 4 is 29.3 Å². The van der Waals surface area contributed by atoms with E-state index >= 15 is 0 Å². The highest BCUT2D eigenvalue weighted by atomic mass is 32.2. The fourth-order valence-corrected chi connectivity index (χ4v) is 4.30. The lowest BCUT2D eigenvalue weighted by Gasteiger charge is -2.21. The number of hydrogen-bond acceptors (Lipinski definition) is 4. The molecule has 3 aromatic rings. The van der Waals surface area contributed by atoms with E-state index in [0.29, 0.717) is 19.6 Å². The number of aromatic nitrogens is 2. The van der Waals surface area contributed by atoms with Crippen LogP contribution in [0.3, 0.4) is 0 Å². The Kier molecular flexibility index (Phi) is 6.42. The Morgan fingerprint density at radius 2 is 1.87 bits per heavy atom. The van der Waals surface area contributed by atoms with Gasteiger partial charge in [0.1, 0.15) is 0 Å². The molecule has 1 saturated heterocycles. The third-order valence-electron chi connectivity index (χ3n) is 5.53. The number of carbonyl (C=O) groups excluding carboxylic acids is 2. The van der Waals surface area contributed by atoms with Crippen molar-refractivity contribution < 1.29 is 9.59 Å². The lowest BCUT2D eigenvalue weighted by atomic mass is 10.1. The summed E-state index contributed by atoms with van der Waals surface area (Å²) < 4.78 is 1.88. The van der Waals surface area contributed by atoms with Gasteiger partial charge in [-0.1, -0.05) is 30.3 Å². The first-order valence-electron chi connectivity index (χ1n) is 10.3. The van der Waals surface area contributed by atoms with Gasteiger partial charge in [-0.15, -0.1) is 11.8 Å². The van der Waals surface area contributed by atoms with Crippen LogP contribution in [0.1, 0.15) is 17.5 Å². The average Bonchev–Trinajstić information content (AvgIpc) is 3.40. The minimum Gasteiger partial charge on any atom is -0.341 e. The highest BCUT2D eigenvalue weighted by Gasteiger charge is 2.36. The fraction of sp³-hybridized carbons (Fsp3) is 0.292. The molecule has 31 heavy (non-hydrogen) atoms. The van der Waals surface area contributed by atoms with Gasteiger partial charge in [0.15, 0.2) is 0 Å². The Morgan fingerprint density at radius 1 is 1.13 bits per heavy atom. The summed E-state index contributed by atoms with van der Waals surface area (Å²) in [6.07, 6.45) is 6.04. The van der Waals surface area contributed by atoms with Gasteiger partial charge >= 0.3 is 0 Å². The third-order valence-corrected chi connectivity index (χ3v) is 6.27. The molecule has 0 bridgehead atoms. The van der Waals surface area contributed by atoms with E-state index in [0.717, 1.165) is 16.1 Å². The second-order valence-corrected chi connectivity index (χ2v) is 8.71. The van der Waals surface area contributed by atoms with Gasteiger partial charge in [-0.2, -0.15) is 5.10 Å². The molecule has 160 valence electrons. The van der Waals surface area contributed by atoms with E-state index in [1.165, 1.54) is 5.56 Å². The molecule has 1 aliphatic rings. The first kappa shape index (κ1) is 21.2. The molecule has 1 aromatic heterocycles. The predicted octanol–water partition coefficient (Wildman–Crippen LogP) is 3.66. The van der Waals surface area contributed by atoms with Crippen molar-refractivity contribution in [3.8, 4) is 0 Å². The van der Waals surface area contributed by atoms with Gasteiger partial charge in [0, 0.05) is 48.9 Å². The second-order valence-electron chi connectivity index (χ2n) is 7.83. The molecule has 2 heterocycles. The van der Waals surface area contributed by atoms with Gasteiger partial charge in [-0.3, -0.25) is 14.3 Å². The van der Waals surface area contributed by atoms with E-state index < -0.39 is 0 Å². The summed E-state index contributed by atoms with van der Waals surface area (Å²) in [5.41, 5.74) is 3.00. The average molecular weight is 435 g/mol. The molecular formula is C24H26N4O2S. The summed E-state index contributed by atoms with van der Waals surface area (Å²) in [7, 11) is 1.79. The molecule has 0 saturated carbocycles. The van der Waals surface area contributed by atoms with Crippen molar-refractivity contribution in [2.45, 2.75) is 24.4 Å². The molecule has 0 radical (unpaired) electrons. The molecule has 4 rings (SSSR count). The Labute approximate surface area is 186 Å². The zero-order valence-electron chi connectivity index (χ0n) is 17.8. The van der Waals surface area contributed by atoms with E-state index in [1.807, 2.05) is 59.6 Å². The van der Waals surface area contributed by atoms with Crippen molar-refractivity contribution in [1.82, 2.24) is 14.7 Å². The molecule has 2 aromatic carbocycles. The first-order valence-corrected chi connectivity index (χ1v) is 11.5. The number of carbonyl (C=O) groups is 2. The Morgan fingerprint density at radius 3 is 2.58 bits per heavy atom. The van der Waals surface area contributed by atoms with Crippen molar-refractivity contribution in [1.29, 1.82) is 0 Å². The van der Waals surface area contributed by atoms with Crippen LogP contribution < -0.4 is 4.90 Å². The topological polar surface area (TPSA) is 58.4 Å². The summed E-state index contributed by atoms with van der Waals surface area (Å²) in [5, 5.41) is 4.41. The Balaban J connectivity index is 1.35. The SMILES string of the molecule is CSc1ccc(N2CC(C(=O)N(C)Cc3cnn(Cc4ccccc4)c3)CC2=O)cc1. The molecule has 6 nitrogen and oxygen atoms in total. The minimum absolute atomic E-state index is 0.000618. The maximum absolute atomic E-state index is 13.0. The number of amides is 2. The van der Waals surface area contributed by atoms with Crippen molar-refractivity contribution in [2.75, 3.05) is 24.7 Å². The summed E-state index contributed by atoms with van der Waals surface area (Å²) >= 11 is 1.66. The predicted molar refractivity (Wildman–Crippen MR) is 123 cm³/mol. The van der Waals surface area contributed by atoms with Crippen molar-refractivity contribution in [3.05, 3.63) is 78.1 Å². The van der Waals surface area contributed by atoms with Gasteiger partial charge in [0.05, 0.1) is 18.7 Å². The van der Waals surface area contributed by atoms with Crippen molar-refractivity contribution in [2.24, 2.45) is 5.92 Å². The molecule has 1 aliphatic heterocycles. The van der Waals surface area contributed by atoms with Crippen LogP contribution in [0.15, 0.2) is 71.9 Å². The molecule has 1 unspecified atom stereocenters. The highest BCUT2D eigenvalue weighted by Crippen LogP contribution is 2.28. The van der Waals surface area contributed by atoms with Crippen LogP contribution in [-0.2, 0) is 22.7 Å². The quantitative estimate of drug-likeness (QED) is 0.533. The monoisotopic (exact) mass is 434 g/mol. The number of nitrogens with zero attached hydrogens (tertiary/aromatic N) is 4. The van der Waals surface area contributed by atoms with Gasteiger partial charge in [0.2, 0.25) is 11.8 Å². The standard InChI is InChI=1S/C24H26N4O2S/c1-26(14-19-13-25-27(16-19)15-18-6-4-3-5-7-18)24(30)20-12-23(29)28(17-20)21-8-10-22(31-2)11-9-21/h3-11,13,16,20H,12,14-15,17H2,1-2H3. The maximum atomic E-state index is 13.0. The van der Waals surface area contributed by atoms with Gasteiger partial charge in [-0.25, -0.2) is 0 Å². The highest BCUT2D eigenvalue weighted by molar-refractivity contribution is 7.98. The van der Waals surface area contributed by atoms with E-state index in [-0.39, 0.29) is 24.2 Å². The summed E-state index contributed by atoms with van der Waals surface area (Å²) in [4.78, 5) is 30.1. The number of rotatable bonds is 7. The lowest BCUT2D eigenvalue weighted by Crippen LogP contribution is -2.34. The zero-order valence-corrected chi connectivity index (χ0v) is 18.6. The fourth-order valence-electron chi connectivity index (χ4n) is 3.89. The molecule has 1 atom stereocenters. The van der Waals surface area contributed by atoms with E-state index in [1.54, 1.807) is 34.8 Å². The summed E-state index contributed by atoms with van der Waals surface area (Å²) in [6, 6.07) is 18.0. The number of thioether (sulfide) groups is 1. The molecular weight excluding hydrogens is 408 g/mol. The number of benzene rings is 2. The van der Waals surface area contributed by atoms with Gasteiger partial charge in [-0.05, 0) is 36.1 Å². The van der Waals surface area contributed by atoms with Gasteiger partial charge in [0.25, 0.3) is 0 Å². The summed E-state index contributed by atoms with van der Waals surface area (Å²) in [5.74, 6) is -0.330. The van der Waals surface area contributed by atoms with Gasteiger partial charge < -0.3 is 9.80 Å².